The van der Waals surface area contributed by atoms with E-state index in [0.717, 1.165) is 18.2 Å². The van der Waals surface area contributed by atoms with Crippen molar-refractivity contribution in [3.8, 4) is 0 Å². The van der Waals surface area contributed by atoms with Gasteiger partial charge in [-0.2, -0.15) is 4.72 Å². The van der Waals surface area contributed by atoms with Crippen LogP contribution in [0.2, 0.25) is 0 Å². The van der Waals surface area contributed by atoms with E-state index < -0.39 is 46.3 Å². The molecule has 210 valence electrons. The quantitative estimate of drug-likeness (QED) is 0.219. The molecule has 2 aromatic carbocycles. The van der Waals surface area contributed by atoms with Gasteiger partial charge >= 0.3 is 5.97 Å². The summed E-state index contributed by atoms with van der Waals surface area (Å²) in [6, 6.07) is 9.39. The van der Waals surface area contributed by atoms with E-state index >= 15 is 0 Å². The van der Waals surface area contributed by atoms with Crippen molar-refractivity contribution in [3.63, 3.8) is 0 Å². The van der Waals surface area contributed by atoms with Crippen LogP contribution in [0.3, 0.4) is 0 Å². The Labute approximate surface area is 227 Å². The fourth-order valence-corrected chi connectivity index (χ4v) is 6.44. The zero-order valence-corrected chi connectivity index (χ0v) is 22.3. The Kier molecular flexibility index (Phi) is 8.70. The highest BCUT2D eigenvalue weighted by Crippen LogP contribution is 2.22. The molecule has 0 aliphatic carbocycles. The Morgan fingerprint density at radius 3 is 2.51 bits per heavy atom. The summed E-state index contributed by atoms with van der Waals surface area (Å²) in [4.78, 5) is 40.8. The van der Waals surface area contributed by atoms with Gasteiger partial charge in [-0.25, -0.2) is 13.2 Å². The van der Waals surface area contributed by atoms with Crippen LogP contribution in [-0.4, -0.2) is 85.3 Å². The minimum atomic E-state index is -4.21. The number of sulfonamides is 1. The Balaban J connectivity index is 1.52. The SMILES string of the molecule is N=C(N)N1CCC[C@@H](CNC(=O)[C@@H](CC(=O)N2CCC[C@H]2C(=O)O)NS(=O)(=O)c2ccc3ccccc3c2)C1. The predicted octanol–water partition coefficient (Wildman–Crippen LogP) is 0.674. The van der Waals surface area contributed by atoms with E-state index in [1.54, 1.807) is 23.1 Å². The second kappa shape index (κ2) is 12.0. The van der Waals surface area contributed by atoms with E-state index in [0.29, 0.717) is 31.3 Å². The minimum Gasteiger partial charge on any atom is -0.480 e. The average molecular weight is 559 g/mol. The number of fused-ring (bicyclic) bond motifs is 1. The third kappa shape index (κ3) is 6.84. The van der Waals surface area contributed by atoms with Gasteiger partial charge in [0.05, 0.1) is 11.3 Å². The lowest BCUT2D eigenvalue weighted by atomic mass is 9.98. The smallest absolute Gasteiger partial charge is 0.326 e. The van der Waals surface area contributed by atoms with E-state index in [4.69, 9.17) is 11.1 Å². The van der Waals surface area contributed by atoms with Crippen LogP contribution in [0.15, 0.2) is 47.4 Å². The molecular formula is C26H34N6O6S. The number of rotatable bonds is 9. The highest BCUT2D eigenvalue weighted by molar-refractivity contribution is 7.89. The maximum atomic E-state index is 13.3. The summed E-state index contributed by atoms with van der Waals surface area (Å²) in [6.45, 7) is 1.58. The predicted molar refractivity (Wildman–Crippen MR) is 144 cm³/mol. The molecule has 2 saturated heterocycles. The number of carbonyl (C=O) groups excluding carboxylic acids is 2. The fourth-order valence-electron chi connectivity index (χ4n) is 5.21. The second-order valence-electron chi connectivity index (χ2n) is 10.1. The number of guanidine groups is 1. The Bertz CT molecular complexity index is 1370. The van der Waals surface area contributed by atoms with Crippen LogP contribution in [-0.2, 0) is 24.4 Å². The first kappa shape index (κ1) is 28.3. The monoisotopic (exact) mass is 558 g/mol. The van der Waals surface area contributed by atoms with Crippen molar-refractivity contribution in [1.29, 1.82) is 5.41 Å². The highest BCUT2D eigenvalue weighted by Gasteiger charge is 2.37. The van der Waals surface area contributed by atoms with Crippen molar-refractivity contribution in [1.82, 2.24) is 19.8 Å². The molecule has 0 spiro atoms. The summed E-state index contributed by atoms with van der Waals surface area (Å²) in [5, 5.41) is 21.4. The van der Waals surface area contributed by atoms with Crippen LogP contribution in [0.1, 0.15) is 32.1 Å². The van der Waals surface area contributed by atoms with Gasteiger partial charge in [0.15, 0.2) is 5.96 Å². The number of hydrogen-bond donors (Lipinski definition) is 5. The number of aliphatic carboxylic acids is 1. The first-order chi connectivity index (χ1) is 18.5. The third-order valence-corrected chi connectivity index (χ3v) is 8.78. The van der Waals surface area contributed by atoms with E-state index in [9.17, 15) is 27.9 Å². The molecule has 4 rings (SSSR count). The molecule has 0 aromatic heterocycles. The van der Waals surface area contributed by atoms with Crippen molar-refractivity contribution >= 4 is 44.5 Å². The molecule has 0 bridgehead atoms. The molecule has 0 unspecified atom stereocenters. The third-order valence-electron chi connectivity index (χ3n) is 7.31. The lowest BCUT2D eigenvalue weighted by molar-refractivity contribution is -0.148. The van der Waals surface area contributed by atoms with Crippen LogP contribution in [0, 0.1) is 11.3 Å². The fraction of sp³-hybridized carbons (Fsp3) is 0.462. The molecule has 2 amide bonds. The second-order valence-corrected chi connectivity index (χ2v) is 11.8. The van der Waals surface area contributed by atoms with Gasteiger partial charge in [0, 0.05) is 26.2 Å². The molecule has 0 saturated carbocycles. The lowest BCUT2D eigenvalue weighted by Gasteiger charge is -2.33. The van der Waals surface area contributed by atoms with Crippen LogP contribution in [0.4, 0.5) is 0 Å². The number of carboxylic acids is 1. The molecule has 2 aliphatic rings. The average Bonchev–Trinajstić information content (AvgIpc) is 3.42. The number of amides is 2. The van der Waals surface area contributed by atoms with Gasteiger partial charge in [-0.05, 0) is 54.5 Å². The van der Waals surface area contributed by atoms with E-state index in [-0.39, 0.29) is 29.9 Å². The maximum Gasteiger partial charge on any atom is 0.326 e. The standard InChI is InChI=1S/C26H34N6O6S/c27-26(28)31-11-3-5-17(16-31)15-29-24(34)21(14-23(33)32-12-4-8-22(32)25(35)36)30-39(37,38)20-10-9-18-6-1-2-7-19(18)13-20/h1-2,6-7,9-10,13,17,21-22,30H,3-5,8,11-12,14-16H2,(H3,27,28)(H,29,34)(H,35,36)/t17-,21+,22-/m0/s1. The highest BCUT2D eigenvalue weighted by atomic mass is 32.2. The van der Waals surface area contributed by atoms with Crippen LogP contribution in [0.5, 0.6) is 0 Å². The number of hydrogen-bond acceptors (Lipinski definition) is 6. The molecule has 3 atom stereocenters. The molecule has 2 aromatic rings. The maximum absolute atomic E-state index is 13.3. The van der Waals surface area contributed by atoms with Crippen molar-refractivity contribution < 1.29 is 27.9 Å². The topological polar surface area (TPSA) is 186 Å². The molecule has 2 aliphatic heterocycles. The molecule has 2 fully saturated rings. The van der Waals surface area contributed by atoms with Gasteiger partial charge in [-0.1, -0.05) is 30.3 Å². The van der Waals surface area contributed by atoms with Gasteiger partial charge in [0.25, 0.3) is 0 Å². The Morgan fingerprint density at radius 2 is 1.79 bits per heavy atom. The van der Waals surface area contributed by atoms with E-state index in [2.05, 4.69) is 10.0 Å². The van der Waals surface area contributed by atoms with Crippen molar-refractivity contribution in [2.45, 2.75) is 49.1 Å². The van der Waals surface area contributed by atoms with Gasteiger partial charge in [0.1, 0.15) is 12.1 Å². The van der Waals surface area contributed by atoms with Crippen LogP contribution < -0.4 is 15.8 Å². The largest absolute Gasteiger partial charge is 0.480 e. The molecule has 0 radical (unpaired) electrons. The van der Waals surface area contributed by atoms with Gasteiger partial charge < -0.3 is 26.0 Å². The zero-order valence-electron chi connectivity index (χ0n) is 21.5. The summed E-state index contributed by atoms with van der Waals surface area (Å²) in [5.41, 5.74) is 5.60. The summed E-state index contributed by atoms with van der Waals surface area (Å²) < 4.78 is 29.1. The number of likely N-dealkylation sites (tertiary alicyclic amines) is 2. The van der Waals surface area contributed by atoms with Crippen molar-refractivity contribution in [2.75, 3.05) is 26.2 Å². The van der Waals surface area contributed by atoms with Crippen LogP contribution >= 0.6 is 0 Å². The van der Waals surface area contributed by atoms with E-state index in [1.807, 2.05) is 12.1 Å². The molecule has 6 N–H and O–H groups in total. The first-order valence-corrected chi connectivity index (χ1v) is 14.4. The number of nitrogens with one attached hydrogen (secondary N) is 3. The van der Waals surface area contributed by atoms with Crippen molar-refractivity contribution in [2.24, 2.45) is 11.7 Å². The number of carboxylic acid groups (broad SMARTS) is 1. The lowest BCUT2D eigenvalue weighted by Crippen LogP contribution is -2.52. The van der Waals surface area contributed by atoms with Gasteiger partial charge in [-0.3, -0.25) is 15.0 Å². The Hall–Kier alpha value is -3.71. The summed E-state index contributed by atoms with van der Waals surface area (Å²) in [5.74, 6) is -2.47. The molecule has 39 heavy (non-hydrogen) atoms. The summed E-state index contributed by atoms with van der Waals surface area (Å²) in [6.07, 6.45) is 1.88. The molecule has 13 heteroatoms. The van der Waals surface area contributed by atoms with Gasteiger partial charge in [0.2, 0.25) is 21.8 Å². The summed E-state index contributed by atoms with van der Waals surface area (Å²) in [7, 11) is -4.21. The first-order valence-electron chi connectivity index (χ1n) is 13.0. The van der Waals surface area contributed by atoms with Gasteiger partial charge in [-0.15, -0.1) is 0 Å². The normalized spacial score (nSPS) is 20.5. The Morgan fingerprint density at radius 1 is 1.08 bits per heavy atom. The number of nitrogens with zero attached hydrogens (tertiary/aromatic N) is 2. The van der Waals surface area contributed by atoms with Crippen LogP contribution in [0.25, 0.3) is 10.8 Å². The zero-order chi connectivity index (χ0) is 28.2. The summed E-state index contributed by atoms with van der Waals surface area (Å²) >= 11 is 0. The number of benzene rings is 2. The number of piperidine rings is 1. The van der Waals surface area contributed by atoms with Crippen molar-refractivity contribution in [3.05, 3.63) is 42.5 Å². The molecule has 2 heterocycles. The molecular weight excluding hydrogens is 524 g/mol. The number of carbonyl (C=O) groups is 3. The minimum absolute atomic E-state index is 0.00461. The molecule has 12 nitrogen and oxygen atoms in total. The number of nitrogens with two attached hydrogens (primary N) is 1. The van der Waals surface area contributed by atoms with E-state index in [1.165, 1.54) is 17.0 Å².